The van der Waals surface area contributed by atoms with Crippen molar-refractivity contribution in [1.29, 1.82) is 0 Å². The highest BCUT2D eigenvalue weighted by Crippen LogP contribution is 2.28. The average molecular weight is 365 g/mol. The highest BCUT2D eigenvalue weighted by molar-refractivity contribution is 6.09. The summed E-state index contributed by atoms with van der Waals surface area (Å²) in [6.45, 7) is 3.83. The van der Waals surface area contributed by atoms with Crippen molar-refractivity contribution in [1.82, 2.24) is 15.5 Å². The van der Waals surface area contributed by atoms with Gasteiger partial charge in [-0.1, -0.05) is 54.6 Å². The summed E-state index contributed by atoms with van der Waals surface area (Å²) in [7, 11) is 0. The van der Waals surface area contributed by atoms with Crippen molar-refractivity contribution in [3.05, 3.63) is 71.3 Å². The summed E-state index contributed by atoms with van der Waals surface area (Å²) < 4.78 is 0. The monoisotopic (exact) mass is 365 g/mol. The molecule has 0 radical (unpaired) electrons. The van der Waals surface area contributed by atoms with E-state index < -0.39 is 17.5 Å². The van der Waals surface area contributed by atoms with Crippen molar-refractivity contribution in [2.75, 3.05) is 13.1 Å². The number of nitrogens with zero attached hydrogens (tertiary/aromatic N) is 1. The number of benzene rings is 2. The van der Waals surface area contributed by atoms with Gasteiger partial charge in [-0.15, -0.1) is 0 Å². The number of hydrogen-bond donors (Lipinski definition) is 2. The highest BCUT2D eigenvalue weighted by Gasteiger charge is 2.49. The molecule has 4 amide bonds. The predicted molar refractivity (Wildman–Crippen MR) is 102 cm³/mol. The van der Waals surface area contributed by atoms with Crippen molar-refractivity contribution in [3.8, 4) is 0 Å². The van der Waals surface area contributed by atoms with Gasteiger partial charge in [0.15, 0.2) is 0 Å². The maximum atomic E-state index is 12.8. The van der Waals surface area contributed by atoms with E-state index in [2.05, 4.69) is 10.6 Å². The van der Waals surface area contributed by atoms with Gasteiger partial charge in [-0.3, -0.25) is 14.5 Å². The molecule has 0 aromatic heterocycles. The Morgan fingerprint density at radius 2 is 1.74 bits per heavy atom. The second kappa shape index (κ2) is 7.61. The minimum absolute atomic E-state index is 0.291. The molecule has 1 aliphatic heterocycles. The zero-order valence-electron chi connectivity index (χ0n) is 15.5. The fraction of sp³-hybridized carbons (Fsp3) is 0.286. The van der Waals surface area contributed by atoms with Crippen LogP contribution in [0.4, 0.5) is 4.79 Å². The van der Waals surface area contributed by atoms with Gasteiger partial charge in [0.2, 0.25) is 5.91 Å². The van der Waals surface area contributed by atoms with E-state index in [4.69, 9.17) is 0 Å². The molecule has 6 heteroatoms. The SMILES string of the molecule is Cc1ccccc1CCNC(=O)CN1C(=O)NC(C)(c2ccccc2)C1=O. The molecule has 0 bridgehead atoms. The molecule has 0 aliphatic carbocycles. The third-order valence-corrected chi connectivity index (χ3v) is 4.91. The lowest BCUT2D eigenvalue weighted by atomic mass is 9.92. The van der Waals surface area contributed by atoms with Gasteiger partial charge in [-0.05, 0) is 37.0 Å². The van der Waals surface area contributed by atoms with Gasteiger partial charge in [0.25, 0.3) is 5.91 Å². The zero-order chi connectivity index (χ0) is 19.4. The Bertz CT molecular complexity index is 866. The predicted octanol–water partition coefficient (Wildman–Crippen LogP) is 2.12. The summed E-state index contributed by atoms with van der Waals surface area (Å²) in [6, 6.07) is 16.4. The smallest absolute Gasteiger partial charge is 0.325 e. The Balaban J connectivity index is 1.59. The number of rotatable bonds is 6. The Labute approximate surface area is 158 Å². The standard InChI is InChI=1S/C21H23N3O3/c1-15-8-6-7-9-16(15)12-13-22-18(25)14-24-19(26)21(2,23-20(24)27)17-10-4-3-5-11-17/h3-11H,12-14H2,1-2H3,(H,22,25)(H,23,27). The summed E-state index contributed by atoms with van der Waals surface area (Å²) in [6.07, 6.45) is 0.695. The summed E-state index contributed by atoms with van der Waals surface area (Å²) in [5.74, 6) is -0.780. The number of aryl methyl sites for hydroxylation is 1. The Morgan fingerprint density at radius 3 is 2.44 bits per heavy atom. The first-order chi connectivity index (χ1) is 12.9. The molecular weight excluding hydrogens is 342 g/mol. The number of amides is 4. The lowest BCUT2D eigenvalue weighted by Crippen LogP contribution is -2.43. The second-order valence-electron chi connectivity index (χ2n) is 6.84. The molecule has 6 nitrogen and oxygen atoms in total. The largest absolute Gasteiger partial charge is 0.354 e. The molecule has 1 saturated heterocycles. The molecule has 2 aromatic rings. The molecule has 1 atom stereocenters. The molecule has 140 valence electrons. The summed E-state index contributed by atoms with van der Waals surface area (Å²) in [4.78, 5) is 38.2. The quantitative estimate of drug-likeness (QED) is 0.770. The van der Waals surface area contributed by atoms with Gasteiger partial charge in [-0.25, -0.2) is 4.79 Å². The number of hydrogen-bond acceptors (Lipinski definition) is 3. The first-order valence-electron chi connectivity index (χ1n) is 8.92. The number of urea groups is 1. The van der Waals surface area contributed by atoms with Crippen molar-refractivity contribution >= 4 is 17.8 Å². The second-order valence-corrected chi connectivity index (χ2v) is 6.84. The van der Waals surface area contributed by atoms with Crippen LogP contribution in [0.15, 0.2) is 54.6 Å². The molecule has 0 spiro atoms. The van der Waals surface area contributed by atoms with E-state index in [0.29, 0.717) is 18.5 Å². The average Bonchev–Trinajstić information content (AvgIpc) is 2.88. The molecule has 1 aliphatic rings. The normalized spacial score (nSPS) is 19.1. The topological polar surface area (TPSA) is 78.5 Å². The summed E-state index contributed by atoms with van der Waals surface area (Å²) >= 11 is 0. The van der Waals surface area contributed by atoms with Crippen LogP contribution in [0.25, 0.3) is 0 Å². The van der Waals surface area contributed by atoms with Gasteiger partial charge in [0.05, 0.1) is 0 Å². The van der Waals surface area contributed by atoms with E-state index in [0.717, 1.165) is 10.5 Å². The minimum atomic E-state index is -1.15. The molecule has 2 N–H and O–H groups in total. The minimum Gasteiger partial charge on any atom is -0.354 e. The van der Waals surface area contributed by atoms with Gasteiger partial charge in [0, 0.05) is 6.54 Å². The molecule has 1 unspecified atom stereocenters. The molecular formula is C21H23N3O3. The van der Waals surface area contributed by atoms with Gasteiger partial charge >= 0.3 is 6.03 Å². The van der Waals surface area contributed by atoms with Crippen molar-refractivity contribution < 1.29 is 14.4 Å². The number of carbonyl (C=O) groups excluding carboxylic acids is 3. The molecule has 27 heavy (non-hydrogen) atoms. The fourth-order valence-electron chi connectivity index (χ4n) is 3.23. The van der Waals surface area contributed by atoms with E-state index in [1.54, 1.807) is 31.2 Å². The molecule has 1 fully saturated rings. The van der Waals surface area contributed by atoms with Crippen LogP contribution in [0.1, 0.15) is 23.6 Å². The van der Waals surface area contributed by atoms with Crippen LogP contribution in [0.2, 0.25) is 0 Å². The van der Waals surface area contributed by atoms with E-state index >= 15 is 0 Å². The lowest BCUT2D eigenvalue weighted by molar-refractivity contribution is -0.134. The Morgan fingerprint density at radius 1 is 1.07 bits per heavy atom. The molecule has 2 aromatic carbocycles. The first kappa shape index (κ1) is 18.6. The maximum Gasteiger partial charge on any atom is 0.325 e. The van der Waals surface area contributed by atoms with E-state index in [-0.39, 0.29) is 12.5 Å². The van der Waals surface area contributed by atoms with Crippen LogP contribution in [0.5, 0.6) is 0 Å². The molecule has 0 saturated carbocycles. The third-order valence-electron chi connectivity index (χ3n) is 4.91. The first-order valence-corrected chi connectivity index (χ1v) is 8.92. The lowest BCUT2D eigenvalue weighted by Gasteiger charge is -2.22. The Hall–Kier alpha value is -3.15. The van der Waals surface area contributed by atoms with E-state index in [1.807, 2.05) is 37.3 Å². The van der Waals surface area contributed by atoms with Crippen LogP contribution in [-0.2, 0) is 21.5 Å². The zero-order valence-corrected chi connectivity index (χ0v) is 15.5. The fourth-order valence-corrected chi connectivity index (χ4v) is 3.23. The van der Waals surface area contributed by atoms with Gasteiger partial charge < -0.3 is 10.6 Å². The van der Waals surface area contributed by atoms with Gasteiger partial charge in [0.1, 0.15) is 12.1 Å². The van der Waals surface area contributed by atoms with Crippen LogP contribution in [-0.4, -0.2) is 35.8 Å². The maximum absolute atomic E-state index is 12.8. The number of imide groups is 1. The van der Waals surface area contributed by atoms with Crippen LogP contribution in [0, 0.1) is 6.92 Å². The Kier molecular flexibility index (Phi) is 5.26. The molecule has 1 heterocycles. The summed E-state index contributed by atoms with van der Waals surface area (Å²) in [5.41, 5.74) is 1.86. The van der Waals surface area contributed by atoms with Gasteiger partial charge in [-0.2, -0.15) is 0 Å². The van der Waals surface area contributed by atoms with Crippen molar-refractivity contribution in [3.63, 3.8) is 0 Å². The van der Waals surface area contributed by atoms with Crippen molar-refractivity contribution in [2.24, 2.45) is 0 Å². The van der Waals surface area contributed by atoms with Crippen LogP contribution in [0.3, 0.4) is 0 Å². The van der Waals surface area contributed by atoms with Crippen LogP contribution < -0.4 is 10.6 Å². The van der Waals surface area contributed by atoms with Crippen molar-refractivity contribution in [2.45, 2.75) is 25.8 Å². The van der Waals surface area contributed by atoms with E-state index in [9.17, 15) is 14.4 Å². The number of nitrogens with one attached hydrogen (secondary N) is 2. The van der Waals surface area contributed by atoms with E-state index in [1.165, 1.54) is 5.56 Å². The highest BCUT2D eigenvalue weighted by atomic mass is 16.2. The number of carbonyl (C=O) groups is 3. The summed E-state index contributed by atoms with van der Waals surface area (Å²) in [5, 5.41) is 5.48. The molecule has 3 rings (SSSR count). The third kappa shape index (κ3) is 3.84. The van der Waals surface area contributed by atoms with Crippen LogP contribution >= 0.6 is 0 Å².